The van der Waals surface area contributed by atoms with Crippen LogP contribution in [0, 0.1) is 10.1 Å². The van der Waals surface area contributed by atoms with Crippen LogP contribution in [-0.2, 0) is 4.74 Å². The van der Waals surface area contributed by atoms with Crippen LogP contribution >= 0.6 is 23.8 Å². The predicted molar refractivity (Wildman–Crippen MR) is 77.8 cm³/mol. The summed E-state index contributed by atoms with van der Waals surface area (Å²) in [5.41, 5.74) is 0.502. The Bertz CT molecular complexity index is 501. The molecule has 19 heavy (non-hydrogen) atoms. The zero-order valence-electron chi connectivity index (χ0n) is 10.3. The van der Waals surface area contributed by atoms with Crippen molar-refractivity contribution in [2.75, 3.05) is 0 Å². The largest absolute Gasteiger partial charge is 0.480 e. The second-order valence-corrected chi connectivity index (χ2v) is 5.36. The van der Waals surface area contributed by atoms with Crippen molar-refractivity contribution in [3.63, 3.8) is 0 Å². The number of ether oxygens (including phenoxy) is 1. The van der Waals surface area contributed by atoms with Crippen LogP contribution in [0.3, 0.4) is 0 Å². The smallest absolute Gasteiger partial charge is 0.270 e. The summed E-state index contributed by atoms with van der Waals surface area (Å²) >= 11 is 11.2. The van der Waals surface area contributed by atoms with E-state index in [1.165, 1.54) is 18.6 Å². The molecule has 0 saturated heterocycles. The van der Waals surface area contributed by atoms with Gasteiger partial charge in [-0.05, 0) is 44.0 Å². The van der Waals surface area contributed by atoms with Crippen LogP contribution in [0.15, 0.2) is 18.2 Å². The van der Waals surface area contributed by atoms with Crippen LogP contribution in [-0.4, -0.2) is 16.1 Å². The lowest BCUT2D eigenvalue weighted by Crippen LogP contribution is -2.20. The predicted octanol–water partition coefficient (Wildman–Crippen LogP) is 4.27. The second-order valence-electron chi connectivity index (χ2n) is 4.59. The number of thiocarbonyl (C=S) groups is 1. The lowest BCUT2D eigenvalue weighted by molar-refractivity contribution is -0.384. The maximum absolute atomic E-state index is 10.6. The highest BCUT2D eigenvalue weighted by atomic mass is 35.5. The molecular weight excluding hydrogens is 286 g/mol. The molecule has 1 aromatic rings. The molecular formula is C13H14ClNO3S. The summed E-state index contributed by atoms with van der Waals surface area (Å²) in [6.45, 7) is 0. The van der Waals surface area contributed by atoms with Crippen molar-refractivity contribution >= 4 is 34.6 Å². The number of non-ortho nitro benzene ring substituents is 1. The number of hydrogen-bond donors (Lipinski definition) is 0. The molecule has 0 heterocycles. The topological polar surface area (TPSA) is 52.4 Å². The van der Waals surface area contributed by atoms with E-state index in [0.717, 1.165) is 25.7 Å². The third-order valence-electron chi connectivity index (χ3n) is 3.21. The van der Waals surface area contributed by atoms with E-state index in [1.54, 1.807) is 6.07 Å². The Labute approximate surface area is 121 Å². The molecule has 4 nitrogen and oxygen atoms in total. The second kappa shape index (κ2) is 6.30. The first-order chi connectivity index (χ1) is 9.08. The molecule has 0 radical (unpaired) electrons. The van der Waals surface area contributed by atoms with Crippen molar-refractivity contribution in [1.82, 2.24) is 0 Å². The Hall–Kier alpha value is -1.20. The maximum Gasteiger partial charge on any atom is 0.270 e. The highest BCUT2D eigenvalue weighted by Gasteiger charge is 2.19. The maximum atomic E-state index is 10.6. The minimum atomic E-state index is -0.485. The molecule has 1 aliphatic rings. The molecule has 0 unspecified atom stereocenters. The number of nitrogens with zero attached hydrogens (tertiary/aromatic N) is 1. The molecule has 0 atom stereocenters. The van der Waals surface area contributed by atoms with E-state index >= 15 is 0 Å². The molecule has 2 rings (SSSR count). The molecule has 0 aromatic heterocycles. The highest BCUT2D eigenvalue weighted by Crippen LogP contribution is 2.26. The van der Waals surface area contributed by atoms with Crippen LogP contribution in [0.4, 0.5) is 5.69 Å². The van der Waals surface area contributed by atoms with Crippen LogP contribution in [0.5, 0.6) is 0 Å². The van der Waals surface area contributed by atoms with Crippen molar-refractivity contribution in [2.45, 2.75) is 38.2 Å². The number of hydrogen-bond acceptors (Lipinski definition) is 4. The Morgan fingerprint density at radius 1 is 1.37 bits per heavy atom. The van der Waals surface area contributed by atoms with Crippen molar-refractivity contribution in [3.05, 3.63) is 38.9 Å². The molecule has 0 N–H and O–H groups in total. The fraction of sp³-hybridized carbons (Fsp3) is 0.462. The van der Waals surface area contributed by atoms with Gasteiger partial charge in [0.15, 0.2) is 5.05 Å². The molecule has 1 aromatic carbocycles. The van der Waals surface area contributed by atoms with Gasteiger partial charge in [0, 0.05) is 17.7 Å². The Morgan fingerprint density at radius 3 is 2.63 bits per heavy atom. The van der Waals surface area contributed by atoms with E-state index in [2.05, 4.69) is 0 Å². The van der Waals surface area contributed by atoms with E-state index in [-0.39, 0.29) is 16.8 Å². The zero-order valence-corrected chi connectivity index (χ0v) is 11.9. The minimum absolute atomic E-state index is 0.0470. The van der Waals surface area contributed by atoms with Gasteiger partial charge in [-0.3, -0.25) is 10.1 Å². The Morgan fingerprint density at radius 2 is 2.05 bits per heavy atom. The quantitative estimate of drug-likeness (QED) is 0.475. The van der Waals surface area contributed by atoms with Gasteiger partial charge in [-0.2, -0.15) is 0 Å². The third kappa shape index (κ3) is 3.64. The molecule has 0 aliphatic heterocycles. The van der Waals surface area contributed by atoms with Gasteiger partial charge in [0.1, 0.15) is 0 Å². The van der Waals surface area contributed by atoms with Crippen molar-refractivity contribution in [2.24, 2.45) is 0 Å². The minimum Gasteiger partial charge on any atom is -0.480 e. The van der Waals surface area contributed by atoms with Crippen molar-refractivity contribution in [3.8, 4) is 0 Å². The van der Waals surface area contributed by atoms with Gasteiger partial charge in [-0.1, -0.05) is 18.0 Å². The molecule has 0 spiro atoms. The van der Waals surface area contributed by atoms with Crippen molar-refractivity contribution < 1.29 is 9.66 Å². The van der Waals surface area contributed by atoms with Gasteiger partial charge >= 0.3 is 0 Å². The number of nitro groups is 1. The van der Waals surface area contributed by atoms with Gasteiger partial charge in [-0.25, -0.2) is 0 Å². The lowest BCUT2D eigenvalue weighted by Gasteiger charge is -2.23. The fourth-order valence-corrected chi connectivity index (χ4v) is 2.81. The average molecular weight is 300 g/mol. The summed E-state index contributed by atoms with van der Waals surface area (Å²) in [6.07, 6.45) is 5.70. The lowest BCUT2D eigenvalue weighted by atomic mass is 9.98. The van der Waals surface area contributed by atoms with Gasteiger partial charge < -0.3 is 4.74 Å². The summed E-state index contributed by atoms with van der Waals surface area (Å²) in [7, 11) is 0. The van der Waals surface area contributed by atoms with E-state index in [1.807, 2.05) is 0 Å². The molecule has 1 aliphatic carbocycles. The van der Waals surface area contributed by atoms with Gasteiger partial charge in [0.25, 0.3) is 5.69 Å². The van der Waals surface area contributed by atoms with Gasteiger partial charge in [0.2, 0.25) is 0 Å². The number of benzene rings is 1. The molecule has 102 valence electrons. The van der Waals surface area contributed by atoms with Gasteiger partial charge in [-0.15, -0.1) is 0 Å². The molecule has 0 bridgehead atoms. The number of halogens is 1. The van der Waals surface area contributed by atoms with Crippen molar-refractivity contribution in [1.29, 1.82) is 0 Å². The van der Waals surface area contributed by atoms with E-state index < -0.39 is 4.92 Å². The molecule has 6 heteroatoms. The summed E-state index contributed by atoms with van der Waals surface area (Å²) in [5.74, 6) is 0. The van der Waals surface area contributed by atoms with E-state index in [4.69, 9.17) is 28.6 Å². The molecule has 1 saturated carbocycles. The van der Waals surface area contributed by atoms with Crippen LogP contribution in [0.1, 0.15) is 37.7 Å². The fourth-order valence-electron chi connectivity index (χ4n) is 2.18. The van der Waals surface area contributed by atoms with E-state index in [0.29, 0.717) is 10.6 Å². The van der Waals surface area contributed by atoms with Crippen LogP contribution in [0.2, 0.25) is 5.02 Å². The summed E-state index contributed by atoms with van der Waals surface area (Å²) < 4.78 is 5.74. The number of nitro benzene ring substituents is 1. The first kappa shape index (κ1) is 14.2. The third-order valence-corrected chi connectivity index (χ3v) is 3.84. The first-order valence-corrected chi connectivity index (χ1v) is 7.01. The van der Waals surface area contributed by atoms with Crippen LogP contribution in [0.25, 0.3) is 0 Å². The monoisotopic (exact) mass is 299 g/mol. The average Bonchev–Trinajstić information content (AvgIpc) is 2.39. The summed E-state index contributed by atoms with van der Waals surface area (Å²) in [4.78, 5) is 10.1. The SMILES string of the molecule is O=[N+]([O-])c1ccc(C(=S)OC2CCCCC2)c(Cl)c1. The standard InChI is InChI=1S/C13H14ClNO3S/c14-12-8-9(15(16)17)6-7-11(12)13(19)18-10-4-2-1-3-5-10/h6-8,10H,1-5H2. The molecule has 0 amide bonds. The summed E-state index contributed by atoms with van der Waals surface area (Å²) in [6, 6.07) is 4.23. The van der Waals surface area contributed by atoms with E-state index in [9.17, 15) is 10.1 Å². The zero-order chi connectivity index (χ0) is 13.8. The van der Waals surface area contributed by atoms with Gasteiger partial charge in [0.05, 0.1) is 16.0 Å². The molecule has 1 fully saturated rings. The highest BCUT2D eigenvalue weighted by molar-refractivity contribution is 7.80. The Kier molecular flexibility index (Phi) is 4.71. The first-order valence-electron chi connectivity index (χ1n) is 6.23. The summed E-state index contributed by atoms with van der Waals surface area (Å²) in [5, 5.41) is 11.2. The normalized spacial score (nSPS) is 16.1. The Balaban J connectivity index is 2.08. The number of rotatable bonds is 3. The van der Waals surface area contributed by atoms with Crippen LogP contribution < -0.4 is 0 Å².